The number of imidazole rings is 1. The first-order chi connectivity index (χ1) is 10.6. The number of fused-ring (bicyclic) bond motifs is 1. The van der Waals surface area contributed by atoms with Crippen molar-refractivity contribution in [2.45, 2.75) is 18.9 Å². The Morgan fingerprint density at radius 2 is 2.27 bits per heavy atom. The van der Waals surface area contributed by atoms with Crippen molar-refractivity contribution in [2.75, 3.05) is 5.73 Å². The highest BCUT2D eigenvalue weighted by molar-refractivity contribution is 5.57. The number of hydrogen-bond acceptors (Lipinski definition) is 6. The third-order valence-corrected chi connectivity index (χ3v) is 3.40. The highest BCUT2D eigenvalue weighted by Gasteiger charge is 2.20. The average Bonchev–Trinajstić information content (AvgIpc) is 3.09. The molecule has 22 heavy (non-hydrogen) atoms. The summed E-state index contributed by atoms with van der Waals surface area (Å²) in [7, 11) is 0. The first-order valence-corrected chi connectivity index (χ1v) is 6.81. The quantitative estimate of drug-likeness (QED) is 0.463. The number of hydrogen-bond donors (Lipinski definition) is 4. The van der Waals surface area contributed by atoms with Crippen LogP contribution in [-0.2, 0) is 0 Å². The third-order valence-electron chi connectivity index (χ3n) is 3.40. The van der Waals surface area contributed by atoms with Crippen LogP contribution < -0.4 is 22.1 Å². The molecule has 0 saturated heterocycles. The minimum atomic E-state index is -0.489. The lowest BCUT2D eigenvalue weighted by molar-refractivity contribution is 0.454. The number of nitrogens with two attached hydrogens (primary N) is 1. The van der Waals surface area contributed by atoms with E-state index in [1.807, 2.05) is 0 Å². The summed E-state index contributed by atoms with van der Waals surface area (Å²) in [5.41, 5.74) is 6.77. The van der Waals surface area contributed by atoms with Gasteiger partial charge in [0.1, 0.15) is 11.5 Å². The molecule has 1 fully saturated rings. The van der Waals surface area contributed by atoms with Crippen molar-refractivity contribution >= 4 is 17.5 Å². The standard InChI is InChI=1S/C13H13N7O2/c14-9-4-10(16-7-1-2-7)20-11(18-9)6(5-15-20)3-8-12(21)19-13(22)17-8/h3-5,7,21H,1-2,14H2,(H2,17,19,22)/b6-3-,16-10?. The van der Waals surface area contributed by atoms with E-state index in [0.717, 1.165) is 12.8 Å². The molecule has 0 amide bonds. The van der Waals surface area contributed by atoms with Gasteiger partial charge in [0.05, 0.1) is 12.2 Å². The maximum atomic E-state index is 11.2. The largest absolute Gasteiger partial charge is 0.493 e. The number of nitrogens with zero attached hydrogens (tertiary/aromatic N) is 4. The predicted octanol–water partition coefficient (Wildman–Crippen LogP) is -1.36. The second kappa shape index (κ2) is 4.45. The van der Waals surface area contributed by atoms with Gasteiger partial charge in [-0.15, -0.1) is 0 Å². The van der Waals surface area contributed by atoms with Crippen LogP contribution in [0, 0.1) is 0 Å². The summed E-state index contributed by atoms with van der Waals surface area (Å²) >= 11 is 0. The summed E-state index contributed by atoms with van der Waals surface area (Å²) in [5.74, 6) is 0.102. The topological polar surface area (TPSA) is 137 Å². The van der Waals surface area contributed by atoms with E-state index >= 15 is 0 Å². The molecule has 0 bridgehead atoms. The molecular formula is C13H13N7O2. The van der Waals surface area contributed by atoms with Crippen molar-refractivity contribution in [3.8, 4) is 5.88 Å². The number of nitrogens with one attached hydrogen (secondary N) is 2. The Bertz CT molecular complexity index is 1040. The minimum absolute atomic E-state index is 0.240. The van der Waals surface area contributed by atoms with Gasteiger partial charge < -0.3 is 15.8 Å². The highest BCUT2D eigenvalue weighted by atomic mass is 16.3. The normalized spacial score (nSPS) is 16.7. The van der Waals surface area contributed by atoms with Gasteiger partial charge in [0.25, 0.3) is 0 Å². The van der Waals surface area contributed by atoms with Gasteiger partial charge in [0, 0.05) is 11.3 Å². The molecule has 3 aromatic rings. The number of rotatable bonds is 2. The Labute approximate surface area is 122 Å². The molecule has 0 radical (unpaired) electrons. The van der Waals surface area contributed by atoms with Crippen LogP contribution in [0.2, 0.25) is 0 Å². The molecule has 9 nitrogen and oxygen atoms in total. The molecule has 0 atom stereocenters. The van der Waals surface area contributed by atoms with Crippen LogP contribution in [0.15, 0.2) is 22.1 Å². The van der Waals surface area contributed by atoms with Gasteiger partial charge in [0.15, 0.2) is 11.1 Å². The molecule has 4 rings (SSSR count). The van der Waals surface area contributed by atoms with Gasteiger partial charge in [-0.1, -0.05) is 0 Å². The molecule has 0 spiro atoms. The molecular weight excluding hydrogens is 286 g/mol. The van der Waals surface area contributed by atoms with Crippen molar-refractivity contribution in [1.82, 2.24) is 24.6 Å². The molecule has 0 unspecified atom stereocenters. The molecule has 9 heteroatoms. The van der Waals surface area contributed by atoms with E-state index in [0.29, 0.717) is 28.2 Å². The first kappa shape index (κ1) is 12.6. The lowest BCUT2D eigenvalue weighted by Gasteiger charge is -1.97. The zero-order chi connectivity index (χ0) is 15.3. The van der Waals surface area contributed by atoms with Crippen LogP contribution in [0.4, 0.5) is 5.82 Å². The third kappa shape index (κ3) is 2.12. The molecule has 3 aromatic heterocycles. The SMILES string of the molecule is Nc1cc(=NC2CC2)n2nc/c(=C/c3[nH]c(=O)[nH]c3O)c2n1. The monoisotopic (exact) mass is 299 g/mol. The Morgan fingerprint density at radius 3 is 2.95 bits per heavy atom. The van der Waals surface area contributed by atoms with Crippen LogP contribution in [0.25, 0.3) is 11.7 Å². The van der Waals surface area contributed by atoms with Crippen LogP contribution in [0.1, 0.15) is 18.5 Å². The molecule has 0 aromatic carbocycles. The molecule has 1 aliphatic rings. The van der Waals surface area contributed by atoms with Gasteiger partial charge in [-0.3, -0.25) is 9.98 Å². The Balaban J connectivity index is 1.98. The summed E-state index contributed by atoms with van der Waals surface area (Å²) in [4.78, 5) is 24.7. The van der Waals surface area contributed by atoms with E-state index < -0.39 is 5.69 Å². The predicted molar refractivity (Wildman–Crippen MR) is 77.8 cm³/mol. The first-order valence-electron chi connectivity index (χ1n) is 6.81. The summed E-state index contributed by atoms with van der Waals surface area (Å²) in [6, 6.07) is 2.00. The molecule has 112 valence electrons. The second-order valence-corrected chi connectivity index (χ2v) is 5.22. The van der Waals surface area contributed by atoms with Crippen LogP contribution in [0.3, 0.4) is 0 Å². The Kier molecular flexibility index (Phi) is 2.55. The van der Waals surface area contributed by atoms with Crippen molar-refractivity contribution in [3.63, 3.8) is 0 Å². The van der Waals surface area contributed by atoms with E-state index in [2.05, 4.69) is 25.0 Å². The summed E-state index contributed by atoms with van der Waals surface area (Å²) in [6.45, 7) is 0. The minimum Gasteiger partial charge on any atom is -0.493 e. The van der Waals surface area contributed by atoms with Gasteiger partial charge in [-0.05, 0) is 18.9 Å². The van der Waals surface area contributed by atoms with Gasteiger partial charge in [-0.25, -0.2) is 9.78 Å². The van der Waals surface area contributed by atoms with E-state index in [-0.39, 0.29) is 11.6 Å². The van der Waals surface area contributed by atoms with Gasteiger partial charge in [-0.2, -0.15) is 9.61 Å². The summed E-state index contributed by atoms with van der Waals surface area (Å²) in [5, 5.41) is 14.5. The molecule has 1 saturated carbocycles. The Hall–Kier alpha value is -3.10. The van der Waals surface area contributed by atoms with Crippen molar-refractivity contribution < 1.29 is 5.11 Å². The number of anilines is 1. The van der Waals surface area contributed by atoms with Crippen LogP contribution >= 0.6 is 0 Å². The van der Waals surface area contributed by atoms with E-state index in [1.165, 1.54) is 0 Å². The number of H-pyrrole nitrogens is 2. The second-order valence-electron chi connectivity index (χ2n) is 5.22. The zero-order valence-electron chi connectivity index (χ0n) is 11.4. The van der Waals surface area contributed by atoms with Crippen molar-refractivity contribution in [3.05, 3.63) is 39.1 Å². The molecule has 1 aliphatic carbocycles. The van der Waals surface area contributed by atoms with Gasteiger partial charge >= 0.3 is 5.69 Å². The molecule has 5 N–H and O–H groups in total. The maximum absolute atomic E-state index is 11.2. The maximum Gasteiger partial charge on any atom is 0.326 e. The van der Waals surface area contributed by atoms with E-state index in [4.69, 9.17) is 5.73 Å². The fourth-order valence-electron chi connectivity index (χ4n) is 2.21. The fraction of sp³-hybridized carbons (Fsp3) is 0.231. The smallest absolute Gasteiger partial charge is 0.326 e. The summed E-state index contributed by atoms with van der Waals surface area (Å²) in [6.07, 6.45) is 5.30. The van der Waals surface area contributed by atoms with Crippen LogP contribution in [0.5, 0.6) is 5.88 Å². The van der Waals surface area contributed by atoms with Gasteiger partial charge in [0.2, 0.25) is 5.88 Å². The lowest BCUT2D eigenvalue weighted by atomic mass is 10.3. The van der Waals surface area contributed by atoms with Crippen molar-refractivity contribution in [2.24, 2.45) is 4.99 Å². The lowest BCUT2D eigenvalue weighted by Crippen LogP contribution is -2.19. The number of aromatic amines is 2. The Morgan fingerprint density at radius 1 is 1.45 bits per heavy atom. The van der Waals surface area contributed by atoms with E-state index in [9.17, 15) is 9.90 Å². The number of nitrogen functional groups attached to an aromatic ring is 1. The fourth-order valence-corrected chi connectivity index (χ4v) is 2.21. The van der Waals surface area contributed by atoms with Crippen molar-refractivity contribution in [1.29, 1.82) is 0 Å². The zero-order valence-corrected chi connectivity index (χ0v) is 11.4. The van der Waals surface area contributed by atoms with Crippen LogP contribution in [-0.4, -0.2) is 35.7 Å². The number of aromatic hydroxyl groups is 1. The average molecular weight is 299 g/mol. The molecule has 0 aliphatic heterocycles. The molecule has 3 heterocycles. The highest BCUT2D eigenvalue weighted by Crippen LogP contribution is 2.22. The number of aromatic nitrogens is 5. The van der Waals surface area contributed by atoms with E-state index in [1.54, 1.807) is 22.9 Å². The summed E-state index contributed by atoms with van der Waals surface area (Å²) < 4.78 is 1.60.